The first kappa shape index (κ1) is 31.8. The van der Waals surface area contributed by atoms with Crippen molar-refractivity contribution in [3.8, 4) is 0 Å². The Hall–Kier alpha value is -3.77. The van der Waals surface area contributed by atoms with Crippen molar-refractivity contribution in [1.29, 1.82) is 0 Å². The summed E-state index contributed by atoms with van der Waals surface area (Å²) in [5.74, 6) is -1.000. The molecule has 12 heteroatoms. The summed E-state index contributed by atoms with van der Waals surface area (Å²) in [6.07, 6.45) is 1.80. The normalized spacial score (nSPS) is 12.7. The number of sulfonamides is 1. The van der Waals surface area contributed by atoms with Gasteiger partial charge in [0.2, 0.25) is 21.8 Å². The van der Waals surface area contributed by atoms with Gasteiger partial charge in [-0.3, -0.25) is 24.0 Å². The third-order valence-electron chi connectivity index (χ3n) is 6.55. The van der Waals surface area contributed by atoms with Crippen molar-refractivity contribution in [3.05, 3.63) is 105 Å². The number of hydrogen-bond donors (Lipinski definition) is 1. The Morgan fingerprint density at radius 3 is 2.24 bits per heavy atom. The number of halogens is 1. The minimum absolute atomic E-state index is 0.0256. The quantitative estimate of drug-likeness (QED) is 0.212. The maximum absolute atomic E-state index is 14.1. The van der Waals surface area contributed by atoms with Crippen molar-refractivity contribution in [3.63, 3.8) is 0 Å². The molecule has 3 aromatic rings. The van der Waals surface area contributed by atoms with Crippen LogP contribution < -0.4 is 9.62 Å². The van der Waals surface area contributed by atoms with Crippen LogP contribution >= 0.6 is 15.9 Å². The van der Waals surface area contributed by atoms with Crippen LogP contribution in [0.15, 0.2) is 83.3 Å². The van der Waals surface area contributed by atoms with Crippen LogP contribution in [0.2, 0.25) is 0 Å². The lowest BCUT2D eigenvalue weighted by molar-refractivity contribution is -0.384. The number of nitrogens with zero attached hydrogens (tertiary/aromatic N) is 3. The van der Waals surface area contributed by atoms with E-state index in [0.717, 1.165) is 32.2 Å². The minimum atomic E-state index is -4.04. The minimum Gasteiger partial charge on any atom is -0.352 e. The van der Waals surface area contributed by atoms with Gasteiger partial charge in [0.25, 0.3) is 5.69 Å². The van der Waals surface area contributed by atoms with Crippen molar-refractivity contribution >= 4 is 49.1 Å². The third kappa shape index (κ3) is 9.12. The van der Waals surface area contributed by atoms with E-state index in [2.05, 4.69) is 21.2 Å². The van der Waals surface area contributed by atoms with Crippen LogP contribution in [0.5, 0.6) is 0 Å². The van der Waals surface area contributed by atoms with Crippen LogP contribution in [0.3, 0.4) is 0 Å². The van der Waals surface area contributed by atoms with Gasteiger partial charge in [-0.05, 0) is 42.7 Å². The zero-order valence-corrected chi connectivity index (χ0v) is 25.5. The molecule has 0 aliphatic rings. The van der Waals surface area contributed by atoms with E-state index in [1.807, 2.05) is 68.4 Å². The zero-order valence-electron chi connectivity index (χ0n) is 23.1. The Balaban J connectivity index is 2.07. The Labute approximate surface area is 248 Å². The predicted octanol–water partition coefficient (Wildman–Crippen LogP) is 4.68. The molecule has 0 bridgehead atoms. The number of hydrogen-bond acceptors (Lipinski definition) is 6. The van der Waals surface area contributed by atoms with E-state index < -0.39 is 33.4 Å². The molecule has 0 spiro atoms. The number of nitro groups is 1. The van der Waals surface area contributed by atoms with Crippen molar-refractivity contribution in [2.24, 2.45) is 0 Å². The summed E-state index contributed by atoms with van der Waals surface area (Å²) >= 11 is 3.40. The lowest BCUT2D eigenvalue weighted by Crippen LogP contribution is -2.54. The highest BCUT2D eigenvalue weighted by atomic mass is 79.9. The number of nitro benzene ring substituents is 1. The molecule has 41 heavy (non-hydrogen) atoms. The van der Waals surface area contributed by atoms with Gasteiger partial charge >= 0.3 is 0 Å². The highest BCUT2D eigenvalue weighted by molar-refractivity contribution is 9.10. The summed E-state index contributed by atoms with van der Waals surface area (Å²) in [6, 6.07) is 20.5. The maximum atomic E-state index is 14.1. The molecule has 218 valence electrons. The summed E-state index contributed by atoms with van der Waals surface area (Å²) in [5, 5.41) is 14.3. The fourth-order valence-corrected chi connectivity index (χ4v) is 5.26. The van der Waals surface area contributed by atoms with Crippen LogP contribution in [0, 0.1) is 10.1 Å². The molecule has 0 saturated carbocycles. The molecule has 2 atom stereocenters. The molecular weight excluding hydrogens is 612 g/mol. The second-order valence-corrected chi connectivity index (χ2v) is 12.5. The van der Waals surface area contributed by atoms with E-state index in [0.29, 0.717) is 6.42 Å². The molecule has 0 aliphatic carbocycles. The number of benzene rings is 3. The smallest absolute Gasteiger partial charge is 0.271 e. The van der Waals surface area contributed by atoms with Gasteiger partial charge in [-0.25, -0.2) is 8.42 Å². The summed E-state index contributed by atoms with van der Waals surface area (Å²) in [4.78, 5) is 39.8. The SMILES string of the molecule is CC[C@H](C)NC(=O)[C@H](Cc1ccccc1)N(Cc1ccc(Br)cc1)C(=O)CN(c1cccc([N+](=O)[O-])c1)S(C)(=O)=O. The largest absolute Gasteiger partial charge is 0.352 e. The topological polar surface area (TPSA) is 130 Å². The maximum Gasteiger partial charge on any atom is 0.271 e. The van der Waals surface area contributed by atoms with E-state index in [4.69, 9.17) is 0 Å². The number of carbonyl (C=O) groups excluding carboxylic acids is 2. The molecule has 3 rings (SSSR count). The molecule has 0 saturated heterocycles. The molecule has 0 unspecified atom stereocenters. The monoisotopic (exact) mass is 644 g/mol. The summed E-state index contributed by atoms with van der Waals surface area (Å²) in [5.41, 5.74) is 1.22. The Morgan fingerprint density at radius 2 is 1.66 bits per heavy atom. The van der Waals surface area contributed by atoms with E-state index in [1.54, 1.807) is 0 Å². The Bertz CT molecular complexity index is 1470. The first-order chi connectivity index (χ1) is 19.4. The molecule has 2 amide bonds. The number of amides is 2. The van der Waals surface area contributed by atoms with Crippen LogP contribution in [-0.2, 0) is 32.6 Å². The fourth-order valence-electron chi connectivity index (χ4n) is 4.16. The van der Waals surface area contributed by atoms with Crippen LogP contribution in [0.4, 0.5) is 11.4 Å². The molecule has 0 fully saturated rings. The lowest BCUT2D eigenvalue weighted by Gasteiger charge is -2.34. The van der Waals surface area contributed by atoms with Gasteiger partial charge in [0.1, 0.15) is 12.6 Å². The summed E-state index contributed by atoms with van der Waals surface area (Å²) in [7, 11) is -4.04. The molecule has 3 aromatic carbocycles. The molecule has 0 heterocycles. The highest BCUT2D eigenvalue weighted by Crippen LogP contribution is 2.24. The summed E-state index contributed by atoms with van der Waals surface area (Å²) in [6.45, 7) is 3.18. The van der Waals surface area contributed by atoms with Crippen molar-refractivity contribution in [2.45, 2.75) is 45.3 Å². The standard InChI is InChI=1S/C29H33BrN4O6S/c1-4-21(2)31-29(36)27(17-22-9-6-5-7-10-22)32(19-23-13-15-24(30)16-14-23)28(35)20-33(41(3,39)40)25-11-8-12-26(18-25)34(37)38/h5-16,18,21,27H,4,17,19-20H2,1-3H3,(H,31,36)/t21-,27-/m0/s1. The molecular formula is C29H33BrN4O6S. The van der Waals surface area contributed by atoms with E-state index in [1.165, 1.54) is 23.1 Å². The van der Waals surface area contributed by atoms with Gasteiger partial charge in [0.15, 0.2) is 0 Å². The van der Waals surface area contributed by atoms with Gasteiger partial charge in [0, 0.05) is 35.6 Å². The summed E-state index contributed by atoms with van der Waals surface area (Å²) < 4.78 is 27.4. The second kappa shape index (κ2) is 14.2. The molecule has 0 radical (unpaired) electrons. The van der Waals surface area contributed by atoms with Crippen molar-refractivity contribution in [2.75, 3.05) is 17.1 Å². The second-order valence-electron chi connectivity index (χ2n) is 9.72. The Kier molecular flexibility index (Phi) is 11.0. The Morgan fingerprint density at radius 1 is 1.00 bits per heavy atom. The molecule has 0 aliphatic heterocycles. The van der Waals surface area contributed by atoms with Gasteiger partial charge in [-0.2, -0.15) is 0 Å². The van der Waals surface area contributed by atoms with Gasteiger partial charge < -0.3 is 10.2 Å². The number of non-ortho nitro benzene ring substituents is 1. The van der Waals surface area contributed by atoms with Gasteiger partial charge in [-0.15, -0.1) is 0 Å². The van der Waals surface area contributed by atoms with Crippen LogP contribution in [0.1, 0.15) is 31.4 Å². The van der Waals surface area contributed by atoms with E-state index in [9.17, 15) is 28.1 Å². The van der Waals surface area contributed by atoms with E-state index in [-0.39, 0.29) is 36.3 Å². The van der Waals surface area contributed by atoms with Gasteiger partial charge in [-0.1, -0.05) is 71.4 Å². The molecule has 0 aromatic heterocycles. The number of carbonyl (C=O) groups is 2. The average Bonchev–Trinajstić information content (AvgIpc) is 2.94. The molecule has 1 N–H and O–H groups in total. The number of rotatable bonds is 13. The van der Waals surface area contributed by atoms with Crippen molar-refractivity contribution in [1.82, 2.24) is 10.2 Å². The molecule has 10 nitrogen and oxygen atoms in total. The first-order valence-corrected chi connectivity index (χ1v) is 15.6. The average molecular weight is 646 g/mol. The van der Waals surface area contributed by atoms with Crippen molar-refractivity contribution < 1.29 is 22.9 Å². The fraction of sp³-hybridized carbons (Fsp3) is 0.310. The van der Waals surface area contributed by atoms with E-state index >= 15 is 0 Å². The van der Waals surface area contributed by atoms with Crippen LogP contribution in [-0.4, -0.2) is 54.9 Å². The van der Waals surface area contributed by atoms with Gasteiger partial charge in [0.05, 0.1) is 16.9 Å². The van der Waals surface area contributed by atoms with Crippen LogP contribution in [0.25, 0.3) is 0 Å². The third-order valence-corrected chi connectivity index (χ3v) is 8.22. The number of nitrogens with one attached hydrogen (secondary N) is 1. The lowest BCUT2D eigenvalue weighted by atomic mass is 10.0. The predicted molar refractivity (Wildman–Crippen MR) is 162 cm³/mol. The zero-order chi connectivity index (χ0) is 30.2. The first-order valence-electron chi connectivity index (χ1n) is 13.0. The highest BCUT2D eigenvalue weighted by Gasteiger charge is 2.33. The number of anilines is 1.